The Hall–Kier alpha value is -2.04. The van der Waals surface area contributed by atoms with Crippen molar-refractivity contribution in [1.29, 1.82) is 0 Å². The van der Waals surface area contributed by atoms with E-state index < -0.39 is 18.0 Å². The number of imide groups is 1. The molecular formula is C12H16N2O3. The molecule has 5 nitrogen and oxygen atoms in total. The zero-order chi connectivity index (χ0) is 12.8. The molecule has 0 saturated carbocycles. The highest BCUT2D eigenvalue weighted by Gasteiger charge is 2.16. The Labute approximate surface area is 100 Å². The maximum atomic E-state index is 11.5. The topological polar surface area (TPSA) is 67.4 Å². The lowest BCUT2D eigenvalue weighted by Crippen LogP contribution is -2.43. The lowest BCUT2D eigenvalue weighted by Gasteiger charge is -2.14. The van der Waals surface area contributed by atoms with E-state index in [0.29, 0.717) is 5.75 Å². The SMILES string of the molecule is CNC(=O)NC(=O)C(C)Oc1cccc(C)c1. The second kappa shape index (κ2) is 5.89. The zero-order valence-corrected chi connectivity index (χ0v) is 10.1. The fourth-order valence-electron chi connectivity index (χ4n) is 1.22. The van der Waals surface area contributed by atoms with Crippen LogP contribution < -0.4 is 15.4 Å². The highest BCUT2D eigenvalue weighted by atomic mass is 16.5. The number of aryl methyl sites for hydroxylation is 1. The number of hydrogen-bond acceptors (Lipinski definition) is 3. The van der Waals surface area contributed by atoms with E-state index in [-0.39, 0.29) is 0 Å². The van der Waals surface area contributed by atoms with Crippen LogP contribution in [0.2, 0.25) is 0 Å². The summed E-state index contributed by atoms with van der Waals surface area (Å²) < 4.78 is 5.41. The van der Waals surface area contributed by atoms with Gasteiger partial charge in [0.1, 0.15) is 5.75 Å². The molecule has 0 aliphatic carbocycles. The third-order valence-corrected chi connectivity index (χ3v) is 2.14. The summed E-state index contributed by atoms with van der Waals surface area (Å²) in [7, 11) is 1.44. The number of carbonyl (C=O) groups is 2. The number of benzene rings is 1. The molecule has 1 aromatic rings. The number of amides is 3. The van der Waals surface area contributed by atoms with Gasteiger partial charge in [0, 0.05) is 7.05 Å². The van der Waals surface area contributed by atoms with Crippen LogP contribution in [-0.2, 0) is 4.79 Å². The quantitative estimate of drug-likeness (QED) is 0.829. The second-order valence-electron chi connectivity index (χ2n) is 3.64. The number of rotatable bonds is 3. The first-order valence-corrected chi connectivity index (χ1v) is 5.29. The average molecular weight is 236 g/mol. The maximum absolute atomic E-state index is 11.5. The van der Waals surface area contributed by atoms with E-state index in [9.17, 15) is 9.59 Å². The molecule has 0 spiro atoms. The van der Waals surface area contributed by atoms with Crippen molar-refractivity contribution in [2.45, 2.75) is 20.0 Å². The minimum absolute atomic E-state index is 0.481. The predicted molar refractivity (Wildman–Crippen MR) is 63.9 cm³/mol. The summed E-state index contributed by atoms with van der Waals surface area (Å²) in [6.45, 7) is 3.52. The molecule has 0 aliphatic rings. The summed E-state index contributed by atoms with van der Waals surface area (Å²) in [5, 5.41) is 4.45. The molecule has 0 fully saturated rings. The number of hydrogen-bond donors (Lipinski definition) is 2. The number of nitrogens with one attached hydrogen (secondary N) is 2. The first-order chi connectivity index (χ1) is 8.02. The summed E-state index contributed by atoms with van der Waals surface area (Å²) in [6, 6.07) is 6.81. The van der Waals surface area contributed by atoms with Crippen LogP contribution in [0, 0.1) is 6.92 Å². The van der Waals surface area contributed by atoms with Gasteiger partial charge in [-0.15, -0.1) is 0 Å². The van der Waals surface area contributed by atoms with Gasteiger partial charge in [-0.25, -0.2) is 4.79 Å². The van der Waals surface area contributed by atoms with Crippen LogP contribution in [-0.4, -0.2) is 25.1 Å². The summed E-state index contributed by atoms with van der Waals surface area (Å²) in [6.07, 6.45) is -0.728. The molecule has 17 heavy (non-hydrogen) atoms. The predicted octanol–water partition coefficient (Wildman–Crippen LogP) is 1.22. The molecule has 2 N–H and O–H groups in total. The molecule has 5 heteroatoms. The Morgan fingerprint density at radius 1 is 1.35 bits per heavy atom. The van der Waals surface area contributed by atoms with Gasteiger partial charge in [-0.05, 0) is 31.5 Å². The van der Waals surface area contributed by atoms with E-state index >= 15 is 0 Å². The number of ether oxygens (including phenoxy) is 1. The molecule has 1 aromatic carbocycles. The summed E-state index contributed by atoms with van der Waals surface area (Å²) >= 11 is 0. The van der Waals surface area contributed by atoms with Crippen LogP contribution in [0.1, 0.15) is 12.5 Å². The van der Waals surface area contributed by atoms with Gasteiger partial charge in [-0.3, -0.25) is 10.1 Å². The highest BCUT2D eigenvalue weighted by Crippen LogP contribution is 2.14. The fourth-order valence-corrected chi connectivity index (χ4v) is 1.22. The maximum Gasteiger partial charge on any atom is 0.321 e. The largest absolute Gasteiger partial charge is 0.481 e. The van der Waals surface area contributed by atoms with Gasteiger partial charge in [0.15, 0.2) is 6.10 Å². The highest BCUT2D eigenvalue weighted by molar-refractivity contribution is 5.96. The Morgan fingerprint density at radius 3 is 2.65 bits per heavy atom. The van der Waals surface area contributed by atoms with Gasteiger partial charge in [-0.1, -0.05) is 12.1 Å². The lowest BCUT2D eigenvalue weighted by atomic mass is 10.2. The van der Waals surface area contributed by atoms with E-state index in [2.05, 4.69) is 10.6 Å². The molecule has 0 aromatic heterocycles. The van der Waals surface area contributed by atoms with Crippen LogP contribution in [0.5, 0.6) is 5.75 Å². The van der Waals surface area contributed by atoms with Crippen molar-refractivity contribution in [2.24, 2.45) is 0 Å². The van der Waals surface area contributed by atoms with Crippen LogP contribution >= 0.6 is 0 Å². The lowest BCUT2D eigenvalue weighted by molar-refractivity contribution is -0.126. The third kappa shape index (κ3) is 4.14. The van der Waals surface area contributed by atoms with Crippen molar-refractivity contribution in [3.63, 3.8) is 0 Å². The average Bonchev–Trinajstić information content (AvgIpc) is 2.28. The fraction of sp³-hybridized carbons (Fsp3) is 0.333. The minimum atomic E-state index is -0.728. The smallest absolute Gasteiger partial charge is 0.321 e. The van der Waals surface area contributed by atoms with Crippen molar-refractivity contribution in [3.8, 4) is 5.75 Å². The van der Waals surface area contributed by atoms with Crippen LogP contribution in [0.15, 0.2) is 24.3 Å². The Morgan fingerprint density at radius 2 is 2.06 bits per heavy atom. The van der Waals surface area contributed by atoms with Gasteiger partial charge in [0.25, 0.3) is 5.91 Å². The van der Waals surface area contributed by atoms with Gasteiger partial charge in [-0.2, -0.15) is 0 Å². The van der Waals surface area contributed by atoms with Crippen molar-refractivity contribution in [1.82, 2.24) is 10.6 Å². The summed E-state index contributed by atoms with van der Waals surface area (Å²) in [4.78, 5) is 22.4. The van der Waals surface area contributed by atoms with E-state index in [0.717, 1.165) is 5.56 Å². The van der Waals surface area contributed by atoms with Gasteiger partial charge in [0.05, 0.1) is 0 Å². The third-order valence-electron chi connectivity index (χ3n) is 2.14. The van der Waals surface area contributed by atoms with E-state index in [1.165, 1.54) is 7.05 Å². The first kappa shape index (κ1) is 13.0. The summed E-state index contributed by atoms with van der Waals surface area (Å²) in [5.74, 6) is 0.121. The van der Waals surface area contributed by atoms with Gasteiger partial charge < -0.3 is 10.1 Å². The molecule has 3 amide bonds. The Bertz CT molecular complexity index is 418. The Kier molecular flexibility index (Phi) is 4.51. The molecule has 1 atom stereocenters. The second-order valence-corrected chi connectivity index (χ2v) is 3.64. The first-order valence-electron chi connectivity index (χ1n) is 5.29. The van der Waals surface area contributed by atoms with Crippen LogP contribution in [0.25, 0.3) is 0 Å². The van der Waals surface area contributed by atoms with E-state index in [1.807, 2.05) is 25.1 Å². The molecular weight excluding hydrogens is 220 g/mol. The van der Waals surface area contributed by atoms with Crippen molar-refractivity contribution in [3.05, 3.63) is 29.8 Å². The molecule has 0 radical (unpaired) electrons. The molecule has 0 aliphatic heterocycles. The monoisotopic (exact) mass is 236 g/mol. The zero-order valence-electron chi connectivity index (χ0n) is 10.1. The molecule has 0 saturated heterocycles. The van der Waals surface area contributed by atoms with E-state index in [1.54, 1.807) is 13.0 Å². The number of carbonyl (C=O) groups excluding carboxylic acids is 2. The molecule has 1 rings (SSSR count). The molecule has 1 unspecified atom stereocenters. The molecule has 0 bridgehead atoms. The number of urea groups is 1. The van der Waals surface area contributed by atoms with Crippen molar-refractivity contribution < 1.29 is 14.3 Å². The molecule has 0 heterocycles. The van der Waals surface area contributed by atoms with E-state index in [4.69, 9.17) is 4.74 Å². The standard InChI is InChI=1S/C12H16N2O3/c1-8-5-4-6-10(7-8)17-9(2)11(15)14-12(16)13-3/h4-7,9H,1-3H3,(H2,13,14,15,16). The van der Waals surface area contributed by atoms with Crippen molar-refractivity contribution in [2.75, 3.05) is 7.05 Å². The van der Waals surface area contributed by atoms with Gasteiger partial charge >= 0.3 is 6.03 Å². The van der Waals surface area contributed by atoms with Crippen LogP contribution in [0.3, 0.4) is 0 Å². The Balaban J connectivity index is 2.57. The normalized spacial score (nSPS) is 11.5. The van der Waals surface area contributed by atoms with Crippen LogP contribution in [0.4, 0.5) is 4.79 Å². The van der Waals surface area contributed by atoms with Crippen molar-refractivity contribution >= 4 is 11.9 Å². The molecule has 92 valence electrons. The minimum Gasteiger partial charge on any atom is -0.481 e. The summed E-state index contributed by atoms with van der Waals surface area (Å²) in [5.41, 5.74) is 1.04. The van der Waals surface area contributed by atoms with Gasteiger partial charge in [0.2, 0.25) is 0 Å².